The van der Waals surface area contributed by atoms with Crippen LogP contribution >= 0.6 is 0 Å². The Morgan fingerprint density at radius 1 is 1.44 bits per heavy atom. The molecular formula is C13H17F2NO2. The molecule has 0 fully saturated rings. The summed E-state index contributed by atoms with van der Waals surface area (Å²) in [4.78, 5) is 11.4. The van der Waals surface area contributed by atoms with Gasteiger partial charge in [-0.3, -0.25) is 4.79 Å². The maximum Gasteiger partial charge on any atom is 0.387 e. The van der Waals surface area contributed by atoms with E-state index in [1.165, 1.54) is 12.1 Å². The molecule has 1 aromatic carbocycles. The molecule has 0 aliphatic carbocycles. The molecule has 5 heteroatoms. The van der Waals surface area contributed by atoms with Crippen molar-refractivity contribution >= 4 is 5.91 Å². The van der Waals surface area contributed by atoms with Crippen LogP contribution in [-0.2, 0) is 11.3 Å². The van der Waals surface area contributed by atoms with E-state index in [2.05, 4.69) is 10.1 Å². The zero-order chi connectivity index (χ0) is 13.4. The highest BCUT2D eigenvalue weighted by Gasteiger charge is 2.05. The van der Waals surface area contributed by atoms with Crippen LogP contribution in [0.15, 0.2) is 24.3 Å². The third-order valence-electron chi connectivity index (χ3n) is 2.37. The number of carbonyl (C=O) groups excluding carboxylic acids is 1. The summed E-state index contributed by atoms with van der Waals surface area (Å²) in [6.45, 7) is -0.499. The Bertz CT molecular complexity index is 383. The first-order valence-electron chi connectivity index (χ1n) is 5.92. The van der Waals surface area contributed by atoms with E-state index in [0.29, 0.717) is 13.0 Å². The first kappa shape index (κ1) is 14.4. The van der Waals surface area contributed by atoms with Gasteiger partial charge in [-0.05, 0) is 24.1 Å². The molecule has 1 rings (SSSR count). The highest BCUT2D eigenvalue weighted by molar-refractivity contribution is 5.75. The Balaban J connectivity index is 2.44. The van der Waals surface area contributed by atoms with Crippen LogP contribution in [0.3, 0.4) is 0 Å². The number of halogens is 2. The summed E-state index contributed by atoms with van der Waals surface area (Å²) in [5.74, 6) is 0.0716. The first-order chi connectivity index (χ1) is 8.61. The van der Waals surface area contributed by atoms with Crippen molar-refractivity contribution in [3.8, 4) is 5.75 Å². The summed E-state index contributed by atoms with van der Waals surface area (Å²) in [7, 11) is 0. The molecule has 0 aromatic heterocycles. The number of unbranched alkanes of at least 4 members (excludes halogenated alkanes) is 1. The molecule has 0 radical (unpaired) electrons. The minimum atomic E-state index is -2.83. The number of nitrogens with one attached hydrogen (secondary N) is 1. The quantitative estimate of drug-likeness (QED) is 0.815. The minimum Gasteiger partial charge on any atom is -0.435 e. The highest BCUT2D eigenvalue weighted by Crippen LogP contribution is 2.15. The average Bonchev–Trinajstić information content (AvgIpc) is 2.33. The van der Waals surface area contributed by atoms with Crippen molar-refractivity contribution in [2.24, 2.45) is 0 Å². The number of benzene rings is 1. The van der Waals surface area contributed by atoms with Crippen molar-refractivity contribution in [1.29, 1.82) is 0 Å². The molecule has 1 aromatic rings. The number of amides is 1. The van der Waals surface area contributed by atoms with Crippen LogP contribution in [0.25, 0.3) is 0 Å². The molecule has 0 aliphatic rings. The van der Waals surface area contributed by atoms with Crippen molar-refractivity contribution in [2.45, 2.75) is 39.3 Å². The number of alkyl halides is 2. The molecule has 1 amide bonds. The van der Waals surface area contributed by atoms with Crippen LogP contribution in [0.4, 0.5) is 8.78 Å². The largest absolute Gasteiger partial charge is 0.435 e. The standard InChI is InChI=1S/C13H17F2NO2/c1-2-3-7-12(17)16-9-10-5-4-6-11(8-10)18-13(14)15/h4-6,8,13H,2-3,7,9H2,1H3,(H,16,17). The Morgan fingerprint density at radius 3 is 2.89 bits per heavy atom. The molecule has 0 spiro atoms. The summed E-state index contributed by atoms with van der Waals surface area (Å²) in [6, 6.07) is 6.31. The maximum atomic E-state index is 12.0. The predicted octanol–water partition coefficient (Wildman–Crippen LogP) is 3.09. The number of hydrogen-bond acceptors (Lipinski definition) is 2. The van der Waals surface area contributed by atoms with Crippen molar-refractivity contribution in [3.63, 3.8) is 0 Å². The van der Waals surface area contributed by atoms with Gasteiger partial charge in [-0.2, -0.15) is 8.78 Å². The summed E-state index contributed by atoms with van der Waals surface area (Å²) in [5.41, 5.74) is 0.734. The molecule has 0 bridgehead atoms. The summed E-state index contributed by atoms with van der Waals surface area (Å²) in [5, 5.41) is 2.73. The van der Waals surface area contributed by atoms with E-state index in [9.17, 15) is 13.6 Å². The van der Waals surface area contributed by atoms with Gasteiger partial charge >= 0.3 is 6.61 Å². The van der Waals surface area contributed by atoms with Crippen molar-refractivity contribution < 1.29 is 18.3 Å². The van der Waals surface area contributed by atoms with Gasteiger partial charge < -0.3 is 10.1 Å². The van der Waals surface area contributed by atoms with Gasteiger partial charge in [-0.1, -0.05) is 25.5 Å². The second-order valence-corrected chi connectivity index (χ2v) is 3.91. The van der Waals surface area contributed by atoms with E-state index in [-0.39, 0.29) is 11.7 Å². The first-order valence-corrected chi connectivity index (χ1v) is 5.92. The van der Waals surface area contributed by atoms with Gasteiger partial charge in [0.1, 0.15) is 5.75 Å². The summed E-state index contributed by atoms with van der Waals surface area (Å²) < 4.78 is 28.3. The smallest absolute Gasteiger partial charge is 0.387 e. The van der Waals surface area contributed by atoms with E-state index >= 15 is 0 Å². The van der Waals surface area contributed by atoms with Gasteiger partial charge in [0.25, 0.3) is 0 Å². The molecule has 0 unspecified atom stereocenters. The monoisotopic (exact) mass is 257 g/mol. The van der Waals surface area contributed by atoms with Gasteiger partial charge in [0.05, 0.1) is 0 Å². The molecule has 18 heavy (non-hydrogen) atoms. The Labute approximate surface area is 105 Å². The lowest BCUT2D eigenvalue weighted by Crippen LogP contribution is -2.22. The number of rotatable bonds is 7. The number of carbonyl (C=O) groups is 1. The molecule has 0 saturated heterocycles. The van der Waals surface area contributed by atoms with Gasteiger partial charge in [0.15, 0.2) is 0 Å². The maximum absolute atomic E-state index is 12.0. The zero-order valence-electron chi connectivity index (χ0n) is 10.3. The SMILES string of the molecule is CCCCC(=O)NCc1cccc(OC(F)F)c1. The van der Waals surface area contributed by atoms with E-state index in [4.69, 9.17) is 0 Å². The van der Waals surface area contributed by atoms with Crippen LogP contribution < -0.4 is 10.1 Å². The molecule has 0 atom stereocenters. The van der Waals surface area contributed by atoms with Gasteiger partial charge in [0.2, 0.25) is 5.91 Å². The molecule has 0 heterocycles. The minimum absolute atomic E-state index is 0.0305. The Morgan fingerprint density at radius 2 is 2.22 bits per heavy atom. The molecular weight excluding hydrogens is 240 g/mol. The van der Waals surface area contributed by atoms with E-state index in [0.717, 1.165) is 18.4 Å². The average molecular weight is 257 g/mol. The van der Waals surface area contributed by atoms with E-state index in [1.54, 1.807) is 12.1 Å². The van der Waals surface area contributed by atoms with Crippen LogP contribution in [0, 0.1) is 0 Å². The van der Waals surface area contributed by atoms with Crippen LogP contribution in [-0.4, -0.2) is 12.5 Å². The molecule has 0 saturated carbocycles. The highest BCUT2D eigenvalue weighted by atomic mass is 19.3. The van der Waals surface area contributed by atoms with Crippen LogP contribution in [0.5, 0.6) is 5.75 Å². The summed E-state index contributed by atoms with van der Waals surface area (Å²) >= 11 is 0. The van der Waals surface area contributed by atoms with Gasteiger partial charge in [-0.25, -0.2) is 0 Å². The lowest BCUT2D eigenvalue weighted by molar-refractivity contribution is -0.121. The molecule has 100 valence electrons. The van der Waals surface area contributed by atoms with Gasteiger partial charge in [0, 0.05) is 13.0 Å². The fraction of sp³-hybridized carbons (Fsp3) is 0.462. The van der Waals surface area contributed by atoms with Crippen LogP contribution in [0.1, 0.15) is 31.7 Å². The van der Waals surface area contributed by atoms with E-state index in [1.807, 2.05) is 6.92 Å². The fourth-order valence-corrected chi connectivity index (χ4v) is 1.46. The lowest BCUT2D eigenvalue weighted by atomic mass is 10.2. The van der Waals surface area contributed by atoms with Crippen molar-refractivity contribution in [3.05, 3.63) is 29.8 Å². The second kappa shape index (κ2) is 7.63. The summed E-state index contributed by atoms with van der Waals surface area (Å²) in [6.07, 6.45) is 2.30. The molecule has 0 aliphatic heterocycles. The third-order valence-corrected chi connectivity index (χ3v) is 2.37. The normalized spacial score (nSPS) is 10.4. The number of ether oxygens (including phenoxy) is 1. The van der Waals surface area contributed by atoms with Crippen molar-refractivity contribution in [2.75, 3.05) is 0 Å². The Hall–Kier alpha value is -1.65. The topological polar surface area (TPSA) is 38.3 Å². The fourth-order valence-electron chi connectivity index (χ4n) is 1.46. The predicted molar refractivity (Wildman–Crippen MR) is 64.4 cm³/mol. The van der Waals surface area contributed by atoms with E-state index < -0.39 is 6.61 Å². The second-order valence-electron chi connectivity index (χ2n) is 3.91. The van der Waals surface area contributed by atoms with Crippen LogP contribution in [0.2, 0.25) is 0 Å². The van der Waals surface area contributed by atoms with Gasteiger partial charge in [-0.15, -0.1) is 0 Å². The zero-order valence-corrected chi connectivity index (χ0v) is 10.3. The Kier molecular flexibility index (Phi) is 6.11. The molecule has 1 N–H and O–H groups in total. The van der Waals surface area contributed by atoms with Crippen molar-refractivity contribution in [1.82, 2.24) is 5.32 Å². The molecule has 3 nitrogen and oxygen atoms in total. The third kappa shape index (κ3) is 5.61. The number of hydrogen-bond donors (Lipinski definition) is 1. The lowest BCUT2D eigenvalue weighted by Gasteiger charge is -2.08.